The molecule has 106 valence electrons. The van der Waals surface area contributed by atoms with Crippen molar-refractivity contribution in [1.82, 2.24) is 10.2 Å². The second-order valence-electron chi connectivity index (χ2n) is 6.47. The molecule has 1 aromatic heterocycles. The van der Waals surface area contributed by atoms with Crippen molar-refractivity contribution in [2.75, 3.05) is 13.1 Å². The molecule has 3 rings (SSSR count). The molecule has 0 amide bonds. The quantitative estimate of drug-likeness (QED) is 0.888. The van der Waals surface area contributed by atoms with Gasteiger partial charge in [-0.3, -0.25) is 4.90 Å². The van der Waals surface area contributed by atoms with Crippen LogP contribution in [0.2, 0.25) is 0 Å². The van der Waals surface area contributed by atoms with Crippen molar-refractivity contribution in [3.8, 4) is 0 Å². The van der Waals surface area contributed by atoms with Crippen molar-refractivity contribution in [1.29, 1.82) is 0 Å². The van der Waals surface area contributed by atoms with Gasteiger partial charge in [0.05, 0.1) is 0 Å². The largest absolute Gasteiger partial charge is 0.312 e. The first-order valence-electron chi connectivity index (χ1n) is 7.74. The van der Waals surface area contributed by atoms with Crippen LogP contribution in [-0.4, -0.2) is 30.1 Å². The number of nitrogens with one attached hydrogen (secondary N) is 1. The van der Waals surface area contributed by atoms with Gasteiger partial charge in [0.1, 0.15) is 0 Å². The van der Waals surface area contributed by atoms with Crippen molar-refractivity contribution in [3.63, 3.8) is 0 Å². The molecule has 2 heterocycles. The Balaban J connectivity index is 1.61. The number of nitrogens with zero attached hydrogens (tertiary/aromatic N) is 1. The molecule has 2 nitrogen and oxygen atoms in total. The lowest BCUT2D eigenvalue weighted by atomic mass is 9.93. The van der Waals surface area contributed by atoms with Gasteiger partial charge in [0.2, 0.25) is 0 Å². The molecule has 2 fully saturated rings. The van der Waals surface area contributed by atoms with Gasteiger partial charge in [0.15, 0.2) is 0 Å². The number of thiophene rings is 1. The van der Waals surface area contributed by atoms with Crippen LogP contribution in [0, 0.1) is 11.8 Å². The van der Waals surface area contributed by atoms with E-state index in [0.717, 1.165) is 24.4 Å². The van der Waals surface area contributed by atoms with E-state index in [9.17, 15) is 0 Å². The Hall–Kier alpha value is -0.380. The summed E-state index contributed by atoms with van der Waals surface area (Å²) in [7, 11) is 0. The Morgan fingerprint density at radius 2 is 2.32 bits per heavy atom. The molecule has 3 atom stereocenters. The summed E-state index contributed by atoms with van der Waals surface area (Å²) in [5.74, 6) is 1.92. The fourth-order valence-electron chi connectivity index (χ4n) is 3.82. The van der Waals surface area contributed by atoms with Crippen LogP contribution in [0.3, 0.4) is 0 Å². The number of rotatable bonds is 5. The highest BCUT2D eigenvalue weighted by Gasteiger charge is 2.39. The molecular weight excluding hydrogens is 252 g/mol. The molecule has 0 spiro atoms. The molecule has 0 radical (unpaired) electrons. The van der Waals surface area contributed by atoms with Crippen molar-refractivity contribution >= 4 is 11.3 Å². The van der Waals surface area contributed by atoms with Gasteiger partial charge < -0.3 is 5.32 Å². The monoisotopic (exact) mass is 278 g/mol. The van der Waals surface area contributed by atoms with E-state index >= 15 is 0 Å². The van der Waals surface area contributed by atoms with Crippen molar-refractivity contribution in [3.05, 3.63) is 22.4 Å². The minimum absolute atomic E-state index is 0.629. The smallest absolute Gasteiger partial charge is 0.0331 e. The van der Waals surface area contributed by atoms with Crippen molar-refractivity contribution in [2.24, 2.45) is 11.8 Å². The van der Waals surface area contributed by atoms with Gasteiger partial charge in [-0.2, -0.15) is 0 Å². The van der Waals surface area contributed by atoms with E-state index in [1.165, 1.54) is 37.2 Å². The third kappa shape index (κ3) is 3.04. The fraction of sp³-hybridized carbons (Fsp3) is 0.750. The first-order valence-corrected chi connectivity index (χ1v) is 8.62. The SMILES string of the molecule is CC(C)N(Cc1cccs1)CC1NCC2CCCC21. The summed E-state index contributed by atoms with van der Waals surface area (Å²) in [6, 6.07) is 5.79. The highest BCUT2D eigenvalue weighted by atomic mass is 32.1. The summed E-state index contributed by atoms with van der Waals surface area (Å²) >= 11 is 1.88. The van der Waals surface area contributed by atoms with Gasteiger partial charge in [-0.05, 0) is 56.5 Å². The summed E-state index contributed by atoms with van der Waals surface area (Å²) in [5, 5.41) is 5.97. The maximum Gasteiger partial charge on any atom is 0.0331 e. The Kier molecular flexibility index (Phi) is 4.25. The lowest BCUT2D eigenvalue weighted by Crippen LogP contribution is -2.43. The predicted molar refractivity (Wildman–Crippen MR) is 82.5 cm³/mol. The lowest BCUT2D eigenvalue weighted by molar-refractivity contribution is 0.179. The zero-order valence-electron chi connectivity index (χ0n) is 12.1. The number of hydrogen-bond acceptors (Lipinski definition) is 3. The minimum Gasteiger partial charge on any atom is -0.312 e. The van der Waals surface area contributed by atoms with E-state index < -0.39 is 0 Å². The Bertz CT molecular complexity index is 387. The molecule has 1 aliphatic carbocycles. The zero-order chi connectivity index (χ0) is 13.2. The van der Waals surface area contributed by atoms with Crippen LogP contribution in [0.4, 0.5) is 0 Å². The van der Waals surface area contributed by atoms with Gasteiger partial charge in [-0.1, -0.05) is 12.5 Å². The van der Waals surface area contributed by atoms with Crippen LogP contribution in [-0.2, 0) is 6.54 Å². The second-order valence-corrected chi connectivity index (χ2v) is 7.50. The second kappa shape index (κ2) is 5.94. The molecule has 1 aromatic rings. The van der Waals surface area contributed by atoms with E-state index in [1.54, 1.807) is 0 Å². The third-order valence-corrected chi connectivity index (χ3v) is 5.84. The van der Waals surface area contributed by atoms with Gasteiger partial charge in [0, 0.05) is 30.1 Å². The van der Waals surface area contributed by atoms with E-state index in [1.807, 2.05) is 11.3 Å². The topological polar surface area (TPSA) is 15.3 Å². The van der Waals surface area contributed by atoms with Crippen molar-refractivity contribution in [2.45, 2.75) is 51.7 Å². The van der Waals surface area contributed by atoms with Gasteiger partial charge in [-0.25, -0.2) is 0 Å². The number of hydrogen-bond donors (Lipinski definition) is 1. The van der Waals surface area contributed by atoms with Crippen LogP contribution in [0.5, 0.6) is 0 Å². The molecule has 1 aliphatic heterocycles. The average Bonchev–Trinajstić information content (AvgIpc) is 3.06. The van der Waals surface area contributed by atoms with Gasteiger partial charge >= 0.3 is 0 Å². The van der Waals surface area contributed by atoms with Crippen LogP contribution in [0.15, 0.2) is 17.5 Å². The molecule has 0 aromatic carbocycles. The standard InChI is InChI=1S/C16H26N2S/c1-12(2)18(10-14-6-4-8-19-14)11-16-15-7-3-5-13(15)9-17-16/h4,6,8,12-13,15-17H,3,5,7,9-11H2,1-2H3. The van der Waals surface area contributed by atoms with Crippen LogP contribution < -0.4 is 5.32 Å². The fourth-order valence-corrected chi connectivity index (χ4v) is 4.55. The highest BCUT2D eigenvalue weighted by molar-refractivity contribution is 7.09. The molecule has 2 aliphatic rings. The first-order chi connectivity index (χ1) is 9.24. The lowest BCUT2D eigenvalue weighted by Gasteiger charge is -2.31. The van der Waals surface area contributed by atoms with Crippen LogP contribution in [0.1, 0.15) is 38.0 Å². The Morgan fingerprint density at radius 1 is 1.42 bits per heavy atom. The summed E-state index contributed by atoms with van der Waals surface area (Å²) in [4.78, 5) is 4.14. The van der Waals surface area contributed by atoms with E-state index in [4.69, 9.17) is 0 Å². The van der Waals surface area contributed by atoms with E-state index in [-0.39, 0.29) is 0 Å². The van der Waals surface area contributed by atoms with E-state index in [2.05, 4.69) is 41.6 Å². The molecule has 19 heavy (non-hydrogen) atoms. The highest BCUT2D eigenvalue weighted by Crippen LogP contribution is 2.38. The third-order valence-electron chi connectivity index (χ3n) is 4.98. The average molecular weight is 278 g/mol. The van der Waals surface area contributed by atoms with E-state index in [0.29, 0.717) is 6.04 Å². The molecule has 1 saturated carbocycles. The minimum atomic E-state index is 0.629. The molecule has 0 bridgehead atoms. The summed E-state index contributed by atoms with van der Waals surface area (Å²) in [6.07, 6.45) is 4.37. The summed E-state index contributed by atoms with van der Waals surface area (Å²) in [5.41, 5.74) is 0. The Labute approximate surface area is 121 Å². The van der Waals surface area contributed by atoms with Crippen molar-refractivity contribution < 1.29 is 0 Å². The molecular formula is C16H26N2S. The van der Waals surface area contributed by atoms with Gasteiger partial charge in [0.25, 0.3) is 0 Å². The molecule has 1 N–H and O–H groups in total. The Morgan fingerprint density at radius 3 is 3.05 bits per heavy atom. The van der Waals surface area contributed by atoms with Gasteiger partial charge in [-0.15, -0.1) is 11.3 Å². The van der Waals surface area contributed by atoms with Crippen LogP contribution >= 0.6 is 11.3 Å². The number of fused-ring (bicyclic) bond motifs is 1. The molecule has 1 saturated heterocycles. The molecule has 3 unspecified atom stereocenters. The summed E-state index contributed by atoms with van der Waals surface area (Å²) < 4.78 is 0. The maximum absolute atomic E-state index is 3.79. The zero-order valence-corrected chi connectivity index (χ0v) is 13.0. The molecule has 3 heteroatoms. The predicted octanol–water partition coefficient (Wildman–Crippen LogP) is 3.35. The normalized spacial score (nSPS) is 30.4. The summed E-state index contributed by atoms with van der Waals surface area (Å²) in [6.45, 7) is 8.26. The maximum atomic E-state index is 3.79. The van der Waals surface area contributed by atoms with Crippen LogP contribution in [0.25, 0.3) is 0 Å². The first kappa shape index (κ1) is 13.6.